The Balaban J connectivity index is 1.84. The van der Waals surface area contributed by atoms with Crippen LogP contribution in [0.5, 0.6) is 0 Å². The third-order valence-electron chi connectivity index (χ3n) is 2.84. The number of nitrogens with one attached hydrogen (secondary N) is 1. The molecule has 80 valence electrons. The predicted molar refractivity (Wildman–Crippen MR) is 58.6 cm³/mol. The van der Waals surface area contributed by atoms with Crippen molar-refractivity contribution in [3.63, 3.8) is 0 Å². The summed E-state index contributed by atoms with van der Waals surface area (Å²) in [6.45, 7) is 1.33. The number of aromatic nitrogens is 2. The molecule has 0 spiro atoms. The fraction of sp³-hybridized carbons (Fsp3) is 0.167. The quantitative estimate of drug-likeness (QED) is 0.781. The summed E-state index contributed by atoms with van der Waals surface area (Å²) < 4.78 is 0. The van der Waals surface area contributed by atoms with Crippen LogP contribution in [-0.4, -0.2) is 20.8 Å². The topological polar surface area (TPSA) is 49.0 Å². The molecule has 3 rings (SSSR count). The Morgan fingerprint density at radius 3 is 2.94 bits per heavy atom. The number of pyridine rings is 1. The van der Waals surface area contributed by atoms with Gasteiger partial charge in [0, 0.05) is 31.7 Å². The summed E-state index contributed by atoms with van der Waals surface area (Å²) in [6, 6.07) is 5.60. The van der Waals surface area contributed by atoms with Gasteiger partial charge in [0.2, 0.25) is 0 Å². The zero-order valence-corrected chi connectivity index (χ0v) is 8.68. The monoisotopic (exact) mass is 213 g/mol. The third-order valence-corrected chi connectivity index (χ3v) is 2.84. The van der Waals surface area contributed by atoms with Crippen molar-refractivity contribution in [2.24, 2.45) is 0 Å². The van der Waals surface area contributed by atoms with E-state index in [-0.39, 0.29) is 5.91 Å². The molecule has 3 heterocycles. The van der Waals surface area contributed by atoms with Crippen LogP contribution < -0.4 is 0 Å². The summed E-state index contributed by atoms with van der Waals surface area (Å²) in [5.74, 6) is 0.0428. The van der Waals surface area contributed by atoms with Gasteiger partial charge in [-0.3, -0.25) is 9.78 Å². The van der Waals surface area contributed by atoms with Crippen LogP contribution in [0.25, 0.3) is 0 Å². The molecule has 4 nitrogen and oxygen atoms in total. The van der Waals surface area contributed by atoms with Crippen LogP contribution in [-0.2, 0) is 13.1 Å². The first kappa shape index (κ1) is 9.15. The number of carbonyl (C=O) groups is 1. The SMILES string of the molecule is O=C(c1ccc[nH]1)N1Cc2ccncc2C1. The summed E-state index contributed by atoms with van der Waals surface area (Å²) in [6.07, 6.45) is 5.36. The van der Waals surface area contributed by atoms with Gasteiger partial charge in [0.15, 0.2) is 0 Å². The smallest absolute Gasteiger partial charge is 0.270 e. The van der Waals surface area contributed by atoms with E-state index in [0.717, 1.165) is 5.56 Å². The van der Waals surface area contributed by atoms with E-state index in [1.165, 1.54) is 5.56 Å². The van der Waals surface area contributed by atoms with Gasteiger partial charge in [-0.2, -0.15) is 0 Å². The highest BCUT2D eigenvalue weighted by molar-refractivity contribution is 5.92. The molecule has 1 aliphatic rings. The second-order valence-electron chi connectivity index (χ2n) is 3.89. The number of aromatic amines is 1. The van der Waals surface area contributed by atoms with Crippen molar-refractivity contribution in [3.05, 3.63) is 53.6 Å². The second kappa shape index (κ2) is 3.48. The van der Waals surface area contributed by atoms with Gasteiger partial charge in [-0.25, -0.2) is 0 Å². The van der Waals surface area contributed by atoms with E-state index in [2.05, 4.69) is 9.97 Å². The first-order valence-electron chi connectivity index (χ1n) is 5.19. The van der Waals surface area contributed by atoms with E-state index in [1.54, 1.807) is 18.5 Å². The molecule has 0 fully saturated rings. The Bertz CT molecular complexity index is 494. The number of hydrogen-bond acceptors (Lipinski definition) is 2. The van der Waals surface area contributed by atoms with E-state index in [1.807, 2.05) is 23.2 Å². The van der Waals surface area contributed by atoms with Crippen molar-refractivity contribution in [3.8, 4) is 0 Å². The summed E-state index contributed by atoms with van der Waals surface area (Å²) >= 11 is 0. The molecular weight excluding hydrogens is 202 g/mol. The molecule has 1 aliphatic heterocycles. The molecule has 0 bridgehead atoms. The minimum absolute atomic E-state index is 0.0428. The molecule has 0 radical (unpaired) electrons. The molecular formula is C12H11N3O. The summed E-state index contributed by atoms with van der Waals surface area (Å²) in [5, 5.41) is 0. The van der Waals surface area contributed by atoms with Gasteiger partial charge in [0.05, 0.1) is 0 Å². The van der Waals surface area contributed by atoms with E-state index >= 15 is 0 Å². The summed E-state index contributed by atoms with van der Waals surface area (Å²) in [5.41, 5.74) is 2.97. The molecule has 1 amide bonds. The van der Waals surface area contributed by atoms with Crippen LogP contribution in [0.4, 0.5) is 0 Å². The van der Waals surface area contributed by atoms with Crippen LogP contribution in [0.1, 0.15) is 21.6 Å². The highest BCUT2D eigenvalue weighted by Crippen LogP contribution is 2.22. The Kier molecular flexibility index (Phi) is 1.99. The predicted octanol–water partition coefficient (Wildman–Crippen LogP) is 1.57. The highest BCUT2D eigenvalue weighted by atomic mass is 16.2. The standard InChI is InChI=1S/C12H11N3O/c16-12(11-2-1-4-14-11)15-7-9-3-5-13-6-10(9)8-15/h1-6,14H,7-8H2. The van der Waals surface area contributed by atoms with Gasteiger partial charge in [-0.05, 0) is 29.3 Å². The number of rotatable bonds is 1. The largest absolute Gasteiger partial charge is 0.357 e. The molecule has 0 atom stereocenters. The second-order valence-corrected chi connectivity index (χ2v) is 3.89. The van der Waals surface area contributed by atoms with Crippen molar-refractivity contribution < 1.29 is 4.79 Å². The molecule has 16 heavy (non-hydrogen) atoms. The fourth-order valence-electron chi connectivity index (χ4n) is 2.00. The minimum Gasteiger partial charge on any atom is -0.357 e. The molecule has 0 aromatic carbocycles. The summed E-state index contributed by atoms with van der Waals surface area (Å²) in [7, 11) is 0. The molecule has 0 unspecified atom stereocenters. The van der Waals surface area contributed by atoms with Gasteiger partial charge in [-0.15, -0.1) is 0 Å². The first-order valence-corrected chi connectivity index (χ1v) is 5.19. The maximum absolute atomic E-state index is 12.1. The molecule has 1 N–H and O–H groups in total. The van der Waals surface area contributed by atoms with E-state index in [9.17, 15) is 4.79 Å². The number of amides is 1. The minimum atomic E-state index is 0.0428. The molecule has 2 aromatic rings. The lowest BCUT2D eigenvalue weighted by atomic mass is 10.2. The first-order chi connectivity index (χ1) is 7.84. The number of hydrogen-bond donors (Lipinski definition) is 1. The van der Waals surface area contributed by atoms with Crippen molar-refractivity contribution in [1.82, 2.24) is 14.9 Å². The molecule has 0 saturated carbocycles. The normalized spacial score (nSPS) is 13.9. The molecule has 2 aromatic heterocycles. The van der Waals surface area contributed by atoms with E-state index < -0.39 is 0 Å². The lowest BCUT2D eigenvalue weighted by molar-refractivity contribution is 0.0746. The average Bonchev–Trinajstić information content (AvgIpc) is 2.97. The van der Waals surface area contributed by atoms with E-state index in [4.69, 9.17) is 0 Å². The zero-order valence-electron chi connectivity index (χ0n) is 8.68. The van der Waals surface area contributed by atoms with Crippen molar-refractivity contribution in [2.75, 3.05) is 0 Å². The zero-order chi connectivity index (χ0) is 11.0. The van der Waals surface area contributed by atoms with Crippen LogP contribution in [0.3, 0.4) is 0 Å². The van der Waals surface area contributed by atoms with Crippen LogP contribution in [0, 0.1) is 0 Å². The van der Waals surface area contributed by atoms with Gasteiger partial charge in [0.1, 0.15) is 5.69 Å². The number of carbonyl (C=O) groups excluding carboxylic acids is 1. The Morgan fingerprint density at radius 1 is 1.31 bits per heavy atom. The molecule has 0 saturated heterocycles. The molecule has 0 aliphatic carbocycles. The van der Waals surface area contributed by atoms with Crippen LogP contribution in [0.2, 0.25) is 0 Å². The lowest BCUT2D eigenvalue weighted by Gasteiger charge is -2.13. The van der Waals surface area contributed by atoms with Crippen LogP contribution in [0.15, 0.2) is 36.8 Å². The highest BCUT2D eigenvalue weighted by Gasteiger charge is 2.24. The Labute approximate surface area is 92.9 Å². The van der Waals surface area contributed by atoms with Gasteiger partial charge < -0.3 is 9.88 Å². The maximum Gasteiger partial charge on any atom is 0.270 e. The maximum atomic E-state index is 12.1. The molecule has 4 heteroatoms. The van der Waals surface area contributed by atoms with Crippen molar-refractivity contribution in [2.45, 2.75) is 13.1 Å². The Hall–Kier alpha value is -2.10. The van der Waals surface area contributed by atoms with Crippen LogP contribution >= 0.6 is 0 Å². The number of nitrogens with zero attached hydrogens (tertiary/aromatic N) is 2. The third kappa shape index (κ3) is 1.39. The van der Waals surface area contributed by atoms with Crippen molar-refractivity contribution >= 4 is 5.91 Å². The van der Waals surface area contributed by atoms with Gasteiger partial charge in [-0.1, -0.05) is 0 Å². The number of H-pyrrole nitrogens is 1. The van der Waals surface area contributed by atoms with E-state index in [0.29, 0.717) is 18.8 Å². The Morgan fingerprint density at radius 2 is 2.19 bits per heavy atom. The fourth-order valence-corrected chi connectivity index (χ4v) is 2.00. The van der Waals surface area contributed by atoms with Gasteiger partial charge in [0.25, 0.3) is 5.91 Å². The number of fused-ring (bicyclic) bond motifs is 1. The lowest BCUT2D eigenvalue weighted by Crippen LogP contribution is -2.25. The van der Waals surface area contributed by atoms with Crippen molar-refractivity contribution in [1.29, 1.82) is 0 Å². The average molecular weight is 213 g/mol. The van der Waals surface area contributed by atoms with Gasteiger partial charge >= 0.3 is 0 Å². The summed E-state index contributed by atoms with van der Waals surface area (Å²) in [4.78, 5) is 20.9.